The SMILES string of the molecule is c1ccc(-c2nc(-c3ccccc3)nc(-c3cccc4c(-c5ccnc6oc7cc8ccccc8cc7c56)cccc34)n2)cc1.c1ccc(-c2nc(-c3ccccc3)nc(-c3cnc(-c4ccc5c(ccc6ccccc65)c4)c4oc5cc6ccccc6cc5c34)n2)cc1.c1ccc(-c2nc(-c3ccccc3)nc(-c3ncc(-c4ccc5c(ccc6ccccc65)c4)c4oc5cc6ccccc6cc5c34)n2)cc1. The third-order valence-electron chi connectivity index (χ3n) is 27.0. The number of nitrogens with zero attached hydrogens (tertiary/aromatic N) is 12. The lowest BCUT2D eigenvalue weighted by atomic mass is 9.93. The Morgan fingerprint density at radius 2 is 0.483 bits per heavy atom. The molecular formula is C128H76N12O3. The van der Waals surface area contributed by atoms with Gasteiger partial charge in [-0.1, -0.05) is 388 Å². The Morgan fingerprint density at radius 3 is 0.951 bits per heavy atom. The van der Waals surface area contributed by atoms with Crippen LogP contribution < -0.4 is 0 Å². The van der Waals surface area contributed by atoms with Crippen LogP contribution >= 0.6 is 0 Å². The highest BCUT2D eigenvalue weighted by Gasteiger charge is 2.28. The van der Waals surface area contributed by atoms with E-state index in [0.29, 0.717) is 69.4 Å². The fourth-order valence-electron chi connectivity index (χ4n) is 20.1. The summed E-state index contributed by atoms with van der Waals surface area (Å²) in [6.07, 6.45) is 5.62. The first-order valence-electron chi connectivity index (χ1n) is 47.5. The van der Waals surface area contributed by atoms with Gasteiger partial charge in [-0.05, 0) is 157 Å². The van der Waals surface area contributed by atoms with Crippen LogP contribution in [-0.4, -0.2) is 59.8 Å². The Bertz CT molecular complexity index is 9560. The summed E-state index contributed by atoms with van der Waals surface area (Å²) in [5.74, 6) is 5.31. The van der Waals surface area contributed by atoms with Gasteiger partial charge in [-0.15, -0.1) is 0 Å². The van der Waals surface area contributed by atoms with Crippen molar-refractivity contribution >= 4 is 152 Å². The molecule has 0 aliphatic heterocycles. The summed E-state index contributed by atoms with van der Waals surface area (Å²) in [6.45, 7) is 0. The number of fused-ring (bicyclic) bond motifs is 19. The highest BCUT2D eigenvalue weighted by atomic mass is 16.3. The molecule has 0 aliphatic rings. The Hall–Kier alpha value is -19.6. The van der Waals surface area contributed by atoms with E-state index in [0.717, 1.165) is 181 Å². The molecule has 0 saturated carbocycles. The van der Waals surface area contributed by atoms with E-state index in [1.807, 2.05) is 207 Å². The monoisotopic (exact) mass is 1830 g/mol. The normalized spacial score (nSPS) is 11.6. The fourth-order valence-corrected chi connectivity index (χ4v) is 20.1. The molecule has 0 amide bonds. The van der Waals surface area contributed by atoms with Gasteiger partial charge in [-0.3, -0.25) is 9.97 Å². The number of benzene rings is 20. The second kappa shape index (κ2) is 34.9. The van der Waals surface area contributed by atoms with Gasteiger partial charge in [-0.25, -0.2) is 49.8 Å². The van der Waals surface area contributed by atoms with Gasteiger partial charge in [0.1, 0.15) is 33.7 Å². The van der Waals surface area contributed by atoms with Gasteiger partial charge in [-0.2, -0.15) is 0 Å². The number of furan rings is 3. The lowest BCUT2D eigenvalue weighted by Gasteiger charge is -2.13. The average molecular weight is 1830 g/mol. The van der Waals surface area contributed by atoms with Crippen LogP contribution in [0.25, 0.3) is 288 Å². The lowest BCUT2D eigenvalue weighted by Crippen LogP contribution is -2.01. The Kier molecular flexibility index (Phi) is 20.2. The summed E-state index contributed by atoms with van der Waals surface area (Å²) in [5, 5.41) is 24.4. The maximum absolute atomic E-state index is 6.81. The lowest BCUT2D eigenvalue weighted by molar-refractivity contribution is 0.654. The minimum Gasteiger partial charge on any atom is -0.455 e. The van der Waals surface area contributed by atoms with Crippen LogP contribution in [0.15, 0.2) is 475 Å². The standard InChI is InChI=1S/2C44H26N4O.C40H24N4O/c1-3-12-28(13-4-1)42-46-43(29-14-5-2-6-15-29)48-44(47-42)37-26-45-40(33-21-22-35-32(23-33)20-19-27-11-9-10-18-34(27)35)41-39(37)36-24-30-16-7-8-17-31(30)25-38(36)49-41;1-3-12-28(13-4-1)42-46-43(29-14-5-2-6-15-29)48-44(47-42)40-39-36-24-30-16-7-8-17-31(30)25-38(36)49-41(39)37(26-45-40)33-21-22-35-32(23-33)20-19-27-11-9-10-18-34(27)35;1-3-11-25(12-4-1)37-42-38(26-13-5-2-6-14-26)44-39(43-37)33-20-10-17-29-30(18-9-19-31(29)33)32-21-22-41-40-36(32)34-23-27-15-7-8-16-28(27)24-35(34)45-40/h2*1-26H;1-24H. The molecule has 143 heavy (non-hydrogen) atoms. The van der Waals surface area contributed by atoms with E-state index in [9.17, 15) is 0 Å². The Labute approximate surface area is 817 Å². The number of rotatable bonds is 12. The van der Waals surface area contributed by atoms with Crippen molar-refractivity contribution in [2.24, 2.45) is 0 Å². The molecule has 0 aliphatic carbocycles. The van der Waals surface area contributed by atoms with Crippen LogP contribution in [-0.2, 0) is 0 Å². The summed E-state index contributed by atoms with van der Waals surface area (Å²) in [6, 6.07) is 152. The van der Waals surface area contributed by atoms with Gasteiger partial charge in [0.15, 0.2) is 58.0 Å². The average Bonchev–Trinajstić information content (AvgIpc) is 1.59. The van der Waals surface area contributed by atoms with Crippen LogP contribution in [0.4, 0.5) is 0 Å². The van der Waals surface area contributed by atoms with E-state index in [1.165, 1.54) is 37.7 Å². The van der Waals surface area contributed by atoms with Crippen molar-refractivity contribution in [2.45, 2.75) is 0 Å². The van der Waals surface area contributed by atoms with Crippen LogP contribution in [0.3, 0.4) is 0 Å². The van der Waals surface area contributed by atoms with Gasteiger partial charge in [0.05, 0.1) is 10.8 Å². The fraction of sp³-hybridized carbons (Fsp3) is 0. The van der Waals surface area contributed by atoms with Crippen molar-refractivity contribution in [3.05, 3.63) is 461 Å². The van der Waals surface area contributed by atoms with Gasteiger partial charge < -0.3 is 13.3 Å². The molecule has 0 spiro atoms. The predicted octanol–water partition coefficient (Wildman–Crippen LogP) is 32.7. The second-order valence-corrected chi connectivity index (χ2v) is 35.6. The molecule has 0 atom stereocenters. The molecule has 9 heterocycles. The highest BCUT2D eigenvalue weighted by molar-refractivity contribution is 6.22. The number of aromatic nitrogens is 12. The minimum absolute atomic E-state index is 0.491. The summed E-state index contributed by atoms with van der Waals surface area (Å²) >= 11 is 0. The summed E-state index contributed by atoms with van der Waals surface area (Å²) in [4.78, 5) is 59.8. The van der Waals surface area contributed by atoms with Crippen LogP contribution in [0.2, 0.25) is 0 Å². The van der Waals surface area contributed by atoms with Crippen molar-refractivity contribution in [3.63, 3.8) is 0 Å². The number of pyridine rings is 3. The molecule has 0 bridgehead atoms. The first-order chi connectivity index (χ1) is 70.8. The van der Waals surface area contributed by atoms with Crippen molar-refractivity contribution in [1.29, 1.82) is 0 Å². The smallest absolute Gasteiger partial charge is 0.227 e. The van der Waals surface area contributed by atoms with Crippen molar-refractivity contribution < 1.29 is 13.3 Å². The maximum Gasteiger partial charge on any atom is 0.227 e. The van der Waals surface area contributed by atoms with E-state index in [-0.39, 0.29) is 0 Å². The van der Waals surface area contributed by atoms with Crippen molar-refractivity contribution in [3.8, 4) is 136 Å². The molecule has 666 valence electrons. The summed E-state index contributed by atoms with van der Waals surface area (Å²) in [5.41, 5.74) is 18.2. The first-order valence-corrected chi connectivity index (χ1v) is 47.5. The zero-order valence-electron chi connectivity index (χ0n) is 76.5. The number of hydrogen-bond donors (Lipinski definition) is 0. The summed E-state index contributed by atoms with van der Waals surface area (Å²) < 4.78 is 19.9. The van der Waals surface area contributed by atoms with Gasteiger partial charge in [0.2, 0.25) is 5.71 Å². The van der Waals surface area contributed by atoms with Crippen LogP contribution in [0, 0.1) is 0 Å². The maximum atomic E-state index is 6.81. The molecule has 9 aromatic heterocycles. The van der Waals surface area contributed by atoms with Crippen molar-refractivity contribution in [2.75, 3.05) is 0 Å². The Balaban J connectivity index is 0.000000107. The van der Waals surface area contributed by atoms with E-state index in [1.54, 1.807) is 0 Å². The molecule has 15 heteroatoms. The topological polar surface area (TPSA) is 194 Å². The third kappa shape index (κ3) is 15.0. The molecule has 0 unspecified atom stereocenters. The molecule has 0 saturated heterocycles. The molecule has 29 aromatic rings. The molecule has 20 aromatic carbocycles. The second-order valence-electron chi connectivity index (χ2n) is 35.6. The molecule has 0 radical (unpaired) electrons. The van der Waals surface area contributed by atoms with E-state index in [4.69, 9.17) is 68.1 Å². The molecule has 0 fully saturated rings. The Morgan fingerprint density at radius 1 is 0.154 bits per heavy atom. The quantitative estimate of drug-likeness (QED) is 0.105. The van der Waals surface area contributed by atoms with E-state index < -0.39 is 0 Å². The zero-order valence-corrected chi connectivity index (χ0v) is 76.5. The van der Waals surface area contributed by atoms with Crippen LogP contribution in [0.1, 0.15) is 0 Å². The minimum atomic E-state index is 0.491. The molecule has 0 N–H and O–H groups in total. The van der Waals surface area contributed by atoms with E-state index in [2.05, 4.69) is 260 Å². The van der Waals surface area contributed by atoms with Gasteiger partial charge in [0, 0.05) is 95.8 Å². The molecular weight excluding hydrogens is 1750 g/mol. The van der Waals surface area contributed by atoms with Crippen molar-refractivity contribution in [1.82, 2.24) is 59.8 Å². The zero-order chi connectivity index (χ0) is 94.4. The van der Waals surface area contributed by atoms with Crippen LogP contribution in [0.5, 0.6) is 0 Å². The summed E-state index contributed by atoms with van der Waals surface area (Å²) in [7, 11) is 0. The third-order valence-corrected chi connectivity index (χ3v) is 27.0. The predicted molar refractivity (Wildman–Crippen MR) is 580 cm³/mol. The molecule has 29 rings (SSSR count). The van der Waals surface area contributed by atoms with Gasteiger partial charge >= 0.3 is 0 Å². The number of hydrogen-bond acceptors (Lipinski definition) is 15. The highest BCUT2D eigenvalue weighted by Crippen LogP contribution is 2.48. The largest absolute Gasteiger partial charge is 0.455 e. The van der Waals surface area contributed by atoms with E-state index >= 15 is 0 Å². The molecule has 15 nitrogen and oxygen atoms in total. The van der Waals surface area contributed by atoms with Gasteiger partial charge in [0.25, 0.3) is 0 Å². The first kappa shape index (κ1) is 82.8.